The SMILES string of the molecule is O=C(Nc1c(F)cccc1F)c1cc(Br)cs1. The van der Waals surface area contributed by atoms with Gasteiger partial charge in [0.15, 0.2) is 0 Å². The summed E-state index contributed by atoms with van der Waals surface area (Å²) in [6.45, 7) is 0. The highest BCUT2D eigenvalue weighted by Crippen LogP contribution is 2.23. The van der Waals surface area contributed by atoms with Gasteiger partial charge in [0, 0.05) is 9.85 Å². The average Bonchev–Trinajstić information content (AvgIpc) is 2.70. The van der Waals surface area contributed by atoms with Crippen LogP contribution in [0.15, 0.2) is 34.1 Å². The Morgan fingerprint density at radius 2 is 1.94 bits per heavy atom. The fraction of sp³-hybridized carbons (Fsp3) is 0. The number of rotatable bonds is 2. The van der Waals surface area contributed by atoms with E-state index in [-0.39, 0.29) is 0 Å². The van der Waals surface area contributed by atoms with Gasteiger partial charge in [-0.15, -0.1) is 11.3 Å². The third-order valence-corrected chi connectivity index (χ3v) is 3.68. The van der Waals surface area contributed by atoms with Gasteiger partial charge >= 0.3 is 0 Å². The van der Waals surface area contributed by atoms with Crippen LogP contribution in [0.2, 0.25) is 0 Å². The van der Waals surface area contributed by atoms with Gasteiger partial charge in [-0.3, -0.25) is 4.79 Å². The molecule has 1 aromatic carbocycles. The second kappa shape index (κ2) is 4.93. The number of hydrogen-bond acceptors (Lipinski definition) is 2. The fourth-order valence-electron chi connectivity index (χ4n) is 1.22. The van der Waals surface area contributed by atoms with Crippen LogP contribution in [0.1, 0.15) is 9.67 Å². The molecule has 1 N–H and O–H groups in total. The van der Waals surface area contributed by atoms with Gasteiger partial charge in [-0.2, -0.15) is 0 Å². The quantitative estimate of drug-likeness (QED) is 0.889. The lowest BCUT2D eigenvalue weighted by atomic mass is 10.3. The Kier molecular flexibility index (Phi) is 3.54. The number of hydrogen-bond donors (Lipinski definition) is 1. The molecule has 0 aliphatic heterocycles. The molecular weight excluding hydrogens is 312 g/mol. The molecule has 88 valence electrons. The normalized spacial score (nSPS) is 10.3. The number of amides is 1. The van der Waals surface area contributed by atoms with Crippen molar-refractivity contribution < 1.29 is 13.6 Å². The van der Waals surface area contributed by atoms with E-state index in [1.807, 2.05) is 0 Å². The lowest BCUT2D eigenvalue weighted by Crippen LogP contribution is -2.12. The number of benzene rings is 1. The van der Waals surface area contributed by atoms with Crippen molar-refractivity contribution in [3.8, 4) is 0 Å². The maximum atomic E-state index is 13.3. The van der Waals surface area contributed by atoms with Crippen LogP contribution in [0.4, 0.5) is 14.5 Å². The van der Waals surface area contributed by atoms with Crippen LogP contribution in [-0.4, -0.2) is 5.91 Å². The van der Waals surface area contributed by atoms with E-state index < -0.39 is 23.2 Å². The number of halogens is 3. The summed E-state index contributed by atoms with van der Waals surface area (Å²) >= 11 is 4.38. The molecule has 0 unspecified atom stereocenters. The fourth-order valence-corrected chi connectivity index (χ4v) is 2.55. The van der Waals surface area contributed by atoms with Crippen molar-refractivity contribution in [2.45, 2.75) is 0 Å². The first kappa shape index (κ1) is 12.2. The Morgan fingerprint density at radius 3 is 2.47 bits per heavy atom. The van der Waals surface area contributed by atoms with Gasteiger partial charge in [0.1, 0.15) is 17.3 Å². The van der Waals surface area contributed by atoms with Crippen LogP contribution in [0.25, 0.3) is 0 Å². The van der Waals surface area contributed by atoms with E-state index in [9.17, 15) is 13.6 Å². The van der Waals surface area contributed by atoms with Gasteiger partial charge in [0.2, 0.25) is 0 Å². The molecule has 0 spiro atoms. The summed E-state index contributed by atoms with van der Waals surface area (Å²) in [5.74, 6) is -2.13. The first-order valence-corrected chi connectivity index (χ1v) is 6.24. The van der Waals surface area contributed by atoms with E-state index in [1.54, 1.807) is 11.4 Å². The topological polar surface area (TPSA) is 29.1 Å². The van der Waals surface area contributed by atoms with E-state index in [0.717, 1.165) is 16.6 Å². The largest absolute Gasteiger partial charge is 0.316 e. The van der Waals surface area contributed by atoms with Crippen molar-refractivity contribution >= 4 is 38.9 Å². The van der Waals surface area contributed by atoms with Gasteiger partial charge in [0.25, 0.3) is 5.91 Å². The molecule has 0 saturated heterocycles. The maximum Gasteiger partial charge on any atom is 0.265 e. The zero-order valence-electron chi connectivity index (χ0n) is 8.34. The third kappa shape index (κ3) is 2.70. The summed E-state index contributed by atoms with van der Waals surface area (Å²) in [6.07, 6.45) is 0. The van der Waals surface area contributed by atoms with Crippen molar-refractivity contribution in [3.63, 3.8) is 0 Å². The van der Waals surface area contributed by atoms with Crippen LogP contribution in [0.5, 0.6) is 0 Å². The van der Waals surface area contributed by atoms with Crippen LogP contribution < -0.4 is 5.32 Å². The standard InChI is InChI=1S/C11H6BrF2NOS/c12-6-4-9(17-5-6)11(16)15-10-7(13)2-1-3-8(10)14/h1-5H,(H,15,16). The van der Waals surface area contributed by atoms with E-state index in [0.29, 0.717) is 4.88 Å². The van der Waals surface area contributed by atoms with Crippen molar-refractivity contribution in [3.05, 3.63) is 50.6 Å². The number of para-hydroxylation sites is 1. The molecule has 0 fully saturated rings. The summed E-state index contributed by atoms with van der Waals surface area (Å²) < 4.78 is 27.3. The Balaban J connectivity index is 2.24. The number of thiophene rings is 1. The number of carbonyl (C=O) groups is 1. The monoisotopic (exact) mass is 317 g/mol. The lowest BCUT2D eigenvalue weighted by Gasteiger charge is -2.05. The molecule has 0 radical (unpaired) electrons. The van der Waals surface area contributed by atoms with Crippen molar-refractivity contribution in [2.75, 3.05) is 5.32 Å². The number of nitrogens with one attached hydrogen (secondary N) is 1. The predicted octanol–water partition coefficient (Wildman–Crippen LogP) is 4.04. The summed E-state index contributed by atoms with van der Waals surface area (Å²) in [5, 5.41) is 3.92. The molecule has 0 bridgehead atoms. The highest BCUT2D eigenvalue weighted by atomic mass is 79.9. The van der Waals surface area contributed by atoms with E-state index in [1.165, 1.54) is 17.4 Å². The molecule has 0 saturated carbocycles. The van der Waals surface area contributed by atoms with E-state index >= 15 is 0 Å². The first-order chi connectivity index (χ1) is 8.08. The van der Waals surface area contributed by atoms with Gasteiger partial charge in [-0.1, -0.05) is 6.07 Å². The van der Waals surface area contributed by atoms with Crippen molar-refractivity contribution in [1.82, 2.24) is 0 Å². The Morgan fingerprint density at radius 1 is 1.29 bits per heavy atom. The summed E-state index contributed by atoms with van der Waals surface area (Å²) in [7, 11) is 0. The summed E-state index contributed by atoms with van der Waals surface area (Å²) in [5.41, 5.74) is -0.429. The molecule has 1 amide bonds. The molecule has 0 aliphatic carbocycles. The van der Waals surface area contributed by atoms with Gasteiger partial charge < -0.3 is 5.32 Å². The van der Waals surface area contributed by atoms with E-state index in [4.69, 9.17) is 0 Å². The second-order valence-corrected chi connectivity index (χ2v) is 5.01. The highest BCUT2D eigenvalue weighted by Gasteiger charge is 2.14. The summed E-state index contributed by atoms with van der Waals surface area (Å²) in [6, 6.07) is 4.99. The Bertz CT molecular complexity index is 550. The summed E-state index contributed by atoms with van der Waals surface area (Å²) in [4.78, 5) is 12.1. The predicted molar refractivity (Wildman–Crippen MR) is 66.3 cm³/mol. The number of anilines is 1. The van der Waals surface area contributed by atoms with Crippen LogP contribution in [0.3, 0.4) is 0 Å². The van der Waals surface area contributed by atoms with Gasteiger partial charge in [-0.05, 0) is 34.1 Å². The minimum absolute atomic E-state index is 0.375. The molecule has 2 aromatic rings. The number of carbonyl (C=O) groups excluding carboxylic acids is 1. The van der Waals surface area contributed by atoms with Gasteiger partial charge in [-0.25, -0.2) is 8.78 Å². The van der Waals surface area contributed by atoms with Gasteiger partial charge in [0.05, 0.1) is 4.88 Å². The molecule has 1 aromatic heterocycles. The molecule has 17 heavy (non-hydrogen) atoms. The molecule has 2 rings (SSSR count). The highest BCUT2D eigenvalue weighted by molar-refractivity contribution is 9.10. The van der Waals surface area contributed by atoms with Crippen LogP contribution in [0, 0.1) is 11.6 Å². The van der Waals surface area contributed by atoms with Crippen molar-refractivity contribution in [1.29, 1.82) is 0 Å². The second-order valence-electron chi connectivity index (χ2n) is 3.18. The minimum Gasteiger partial charge on any atom is -0.316 e. The molecule has 2 nitrogen and oxygen atoms in total. The Labute approximate surface area is 108 Å². The zero-order valence-corrected chi connectivity index (χ0v) is 10.7. The maximum absolute atomic E-state index is 13.3. The minimum atomic E-state index is -0.797. The van der Waals surface area contributed by atoms with Crippen LogP contribution >= 0.6 is 27.3 Å². The van der Waals surface area contributed by atoms with Crippen LogP contribution in [-0.2, 0) is 0 Å². The average molecular weight is 318 g/mol. The molecule has 0 atom stereocenters. The third-order valence-electron chi connectivity index (χ3n) is 1.99. The van der Waals surface area contributed by atoms with Crippen molar-refractivity contribution in [2.24, 2.45) is 0 Å². The molecule has 6 heteroatoms. The lowest BCUT2D eigenvalue weighted by molar-refractivity contribution is 0.102. The Hall–Kier alpha value is -1.27. The molecule has 0 aliphatic rings. The zero-order chi connectivity index (χ0) is 12.4. The molecule has 1 heterocycles. The molecular formula is C11H6BrF2NOS. The smallest absolute Gasteiger partial charge is 0.265 e. The van der Waals surface area contributed by atoms with E-state index in [2.05, 4.69) is 21.2 Å². The first-order valence-electron chi connectivity index (χ1n) is 4.57.